The van der Waals surface area contributed by atoms with E-state index in [-0.39, 0.29) is 16.9 Å². The minimum absolute atomic E-state index is 0.160. The van der Waals surface area contributed by atoms with Crippen LogP contribution in [0.4, 0.5) is 18.9 Å². The van der Waals surface area contributed by atoms with E-state index in [0.29, 0.717) is 11.6 Å². The number of anilines is 1. The molecule has 0 saturated carbocycles. The van der Waals surface area contributed by atoms with Crippen molar-refractivity contribution in [2.75, 3.05) is 11.4 Å². The van der Waals surface area contributed by atoms with Crippen molar-refractivity contribution in [3.8, 4) is 0 Å². The van der Waals surface area contributed by atoms with Crippen molar-refractivity contribution < 1.29 is 13.2 Å². The van der Waals surface area contributed by atoms with Gasteiger partial charge in [0.1, 0.15) is 0 Å². The molecule has 0 unspecified atom stereocenters. The average molecular weight is 352 g/mol. The molecule has 0 aromatic heterocycles. The summed E-state index contributed by atoms with van der Waals surface area (Å²) in [6, 6.07) is 4.75. The van der Waals surface area contributed by atoms with Gasteiger partial charge in [0.25, 0.3) is 0 Å². The van der Waals surface area contributed by atoms with Gasteiger partial charge in [0, 0.05) is 23.6 Å². The van der Waals surface area contributed by atoms with Crippen LogP contribution in [-0.2, 0) is 11.5 Å². The van der Waals surface area contributed by atoms with E-state index >= 15 is 0 Å². The van der Waals surface area contributed by atoms with Crippen LogP contribution in [0.15, 0.2) is 18.2 Å². The number of hydrogen-bond donors (Lipinski definition) is 0. The first-order valence-corrected chi connectivity index (χ1v) is 7.81. The number of nitrogens with zero attached hydrogens (tertiary/aromatic N) is 1. The zero-order chi connectivity index (χ0) is 15.5. The second-order valence-corrected chi connectivity index (χ2v) is 6.17. The molecule has 114 valence electrons. The predicted octanol–water partition coefficient (Wildman–Crippen LogP) is 5.47. The van der Waals surface area contributed by atoms with Gasteiger partial charge in [-0.05, 0) is 37.5 Å². The molecule has 20 heavy (non-hydrogen) atoms. The molecular formula is C15H21BrF3N. The second kappa shape index (κ2) is 6.83. The number of benzene rings is 1. The number of halogens is 4. The Balaban J connectivity index is 3.24. The van der Waals surface area contributed by atoms with Crippen LogP contribution in [0.25, 0.3) is 0 Å². The maximum absolute atomic E-state index is 13.1. The highest BCUT2D eigenvalue weighted by molar-refractivity contribution is 9.08. The minimum Gasteiger partial charge on any atom is -0.369 e. The first kappa shape index (κ1) is 17.3. The Morgan fingerprint density at radius 1 is 1.15 bits per heavy atom. The molecule has 1 rings (SSSR count). The molecule has 0 spiro atoms. The van der Waals surface area contributed by atoms with Crippen molar-refractivity contribution in [1.29, 1.82) is 0 Å². The van der Waals surface area contributed by atoms with Crippen LogP contribution in [0.1, 0.15) is 38.8 Å². The van der Waals surface area contributed by atoms with E-state index in [0.717, 1.165) is 6.54 Å². The molecule has 5 heteroatoms. The van der Waals surface area contributed by atoms with Gasteiger partial charge in [-0.25, -0.2) is 0 Å². The van der Waals surface area contributed by atoms with Crippen molar-refractivity contribution in [1.82, 2.24) is 0 Å². The summed E-state index contributed by atoms with van der Waals surface area (Å²) in [4.78, 5) is 2.01. The topological polar surface area (TPSA) is 3.24 Å². The molecule has 0 fully saturated rings. The summed E-state index contributed by atoms with van der Waals surface area (Å²) >= 11 is 3.12. The third-order valence-electron chi connectivity index (χ3n) is 3.06. The van der Waals surface area contributed by atoms with E-state index in [1.165, 1.54) is 6.07 Å². The smallest absolute Gasteiger partial charge is 0.369 e. The van der Waals surface area contributed by atoms with E-state index in [9.17, 15) is 13.2 Å². The van der Waals surface area contributed by atoms with Gasteiger partial charge in [-0.2, -0.15) is 13.2 Å². The van der Waals surface area contributed by atoms with Gasteiger partial charge >= 0.3 is 6.18 Å². The second-order valence-electron chi connectivity index (χ2n) is 5.61. The Morgan fingerprint density at radius 2 is 1.75 bits per heavy atom. The van der Waals surface area contributed by atoms with Crippen molar-refractivity contribution >= 4 is 21.6 Å². The van der Waals surface area contributed by atoms with Crippen LogP contribution >= 0.6 is 15.9 Å². The molecule has 0 heterocycles. The molecule has 0 radical (unpaired) electrons. The maximum Gasteiger partial charge on any atom is 0.416 e. The van der Waals surface area contributed by atoms with Gasteiger partial charge in [-0.3, -0.25) is 0 Å². The van der Waals surface area contributed by atoms with E-state index in [1.54, 1.807) is 12.1 Å². The molecule has 1 aromatic rings. The van der Waals surface area contributed by atoms with Crippen LogP contribution in [0.3, 0.4) is 0 Å². The Hall–Kier alpha value is -0.710. The minimum atomic E-state index is -4.32. The Morgan fingerprint density at radius 3 is 2.15 bits per heavy atom. The van der Waals surface area contributed by atoms with Gasteiger partial charge in [-0.1, -0.05) is 35.8 Å². The highest BCUT2D eigenvalue weighted by Gasteiger charge is 2.33. The molecule has 0 N–H and O–H groups in total. The molecule has 0 aliphatic rings. The highest BCUT2D eigenvalue weighted by atomic mass is 79.9. The summed E-state index contributed by atoms with van der Waals surface area (Å²) in [6.07, 6.45) is -4.32. The fraction of sp³-hybridized carbons (Fsp3) is 0.600. The standard InChI is InChI=1S/C15H21BrF3N/c1-10(2)9-20(11(3)4)13-6-5-12(8-16)14(7-13)15(17,18)19/h5-7,10-11H,8-9H2,1-4H3. The molecule has 0 atom stereocenters. The van der Waals surface area contributed by atoms with Gasteiger partial charge < -0.3 is 4.90 Å². The summed E-state index contributed by atoms with van der Waals surface area (Å²) in [5, 5.41) is 0.202. The van der Waals surface area contributed by atoms with Crippen LogP contribution < -0.4 is 4.90 Å². The number of alkyl halides is 4. The SMILES string of the molecule is CC(C)CN(c1ccc(CBr)c(C(F)(F)F)c1)C(C)C. The first-order valence-electron chi connectivity index (χ1n) is 6.69. The monoisotopic (exact) mass is 351 g/mol. The lowest BCUT2D eigenvalue weighted by Gasteiger charge is -2.31. The summed E-state index contributed by atoms with van der Waals surface area (Å²) in [7, 11) is 0. The van der Waals surface area contributed by atoms with E-state index in [1.807, 2.05) is 18.7 Å². The Bertz CT molecular complexity index is 441. The molecule has 0 aliphatic carbocycles. The van der Waals surface area contributed by atoms with Gasteiger partial charge in [0.15, 0.2) is 0 Å². The fourth-order valence-corrected chi connectivity index (χ4v) is 2.62. The van der Waals surface area contributed by atoms with Gasteiger partial charge in [0.2, 0.25) is 0 Å². The molecule has 0 amide bonds. The lowest BCUT2D eigenvalue weighted by atomic mass is 10.1. The predicted molar refractivity (Wildman–Crippen MR) is 81.4 cm³/mol. The van der Waals surface area contributed by atoms with Crippen molar-refractivity contribution in [3.63, 3.8) is 0 Å². The summed E-state index contributed by atoms with van der Waals surface area (Å²) in [5.41, 5.74) is 0.349. The summed E-state index contributed by atoms with van der Waals surface area (Å²) < 4.78 is 39.3. The van der Waals surface area contributed by atoms with Gasteiger partial charge in [-0.15, -0.1) is 0 Å². The normalized spacial score (nSPS) is 12.3. The number of rotatable bonds is 5. The zero-order valence-corrected chi connectivity index (χ0v) is 13.8. The summed E-state index contributed by atoms with van der Waals surface area (Å²) in [5.74, 6) is 0.391. The van der Waals surface area contributed by atoms with Crippen LogP contribution in [0.2, 0.25) is 0 Å². The lowest BCUT2D eigenvalue weighted by Crippen LogP contribution is -2.34. The van der Waals surface area contributed by atoms with Crippen molar-refractivity contribution in [2.24, 2.45) is 5.92 Å². The fourth-order valence-electron chi connectivity index (χ4n) is 2.13. The van der Waals surface area contributed by atoms with Crippen molar-refractivity contribution in [3.05, 3.63) is 29.3 Å². The zero-order valence-electron chi connectivity index (χ0n) is 12.3. The first-order chi connectivity index (χ1) is 9.16. The lowest BCUT2D eigenvalue weighted by molar-refractivity contribution is -0.138. The number of hydrogen-bond acceptors (Lipinski definition) is 1. The molecule has 1 nitrogen and oxygen atoms in total. The quantitative estimate of drug-likeness (QED) is 0.635. The molecule has 1 aromatic carbocycles. The average Bonchev–Trinajstić information content (AvgIpc) is 2.33. The largest absolute Gasteiger partial charge is 0.416 e. The summed E-state index contributed by atoms with van der Waals surface area (Å²) in [6.45, 7) is 8.85. The third-order valence-corrected chi connectivity index (χ3v) is 3.66. The highest BCUT2D eigenvalue weighted by Crippen LogP contribution is 2.36. The van der Waals surface area contributed by atoms with Crippen LogP contribution in [-0.4, -0.2) is 12.6 Å². The maximum atomic E-state index is 13.1. The molecule has 0 bridgehead atoms. The van der Waals surface area contributed by atoms with Crippen molar-refractivity contribution in [2.45, 2.75) is 45.2 Å². The Kier molecular flexibility index (Phi) is 5.92. The molecule has 0 aliphatic heterocycles. The van der Waals surface area contributed by atoms with Crippen LogP contribution in [0.5, 0.6) is 0 Å². The van der Waals surface area contributed by atoms with Crippen LogP contribution in [0, 0.1) is 5.92 Å². The molecule has 0 saturated heterocycles. The van der Waals surface area contributed by atoms with E-state index < -0.39 is 11.7 Å². The molecular weight excluding hydrogens is 331 g/mol. The van der Waals surface area contributed by atoms with Gasteiger partial charge in [0.05, 0.1) is 5.56 Å². The van der Waals surface area contributed by atoms with E-state index in [4.69, 9.17) is 0 Å². The Labute approximate surface area is 127 Å². The van der Waals surface area contributed by atoms with E-state index in [2.05, 4.69) is 29.8 Å². The third kappa shape index (κ3) is 4.40.